The third-order valence-corrected chi connectivity index (χ3v) is 3.33. The molecule has 0 aliphatic heterocycles. The summed E-state index contributed by atoms with van der Waals surface area (Å²) >= 11 is 0. The zero-order valence-corrected chi connectivity index (χ0v) is 13.5. The number of carbonyl (C=O) groups excluding carboxylic acids is 2. The van der Waals surface area contributed by atoms with Gasteiger partial charge in [-0.15, -0.1) is 0 Å². The number of benzene rings is 2. The smallest absolute Gasteiger partial charge is 0.276 e. The van der Waals surface area contributed by atoms with Gasteiger partial charge < -0.3 is 4.74 Å². The van der Waals surface area contributed by atoms with E-state index in [0.717, 1.165) is 16.7 Å². The van der Waals surface area contributed by atoms with Gasteiger partial charge >= 0.3 is 0 Å². The van der Waals surface area contributed by atoms with Crippen molar-refractivity contribution >= 4 is 11.8 Å². The molecule has 0 heterocycles. The fourth-order valence-corrected chi connectivity index (χ4v) is 1.95. The maximum atomic E-state index is 11.9. The van der Waals surface area contributed by atoms with E-state index in [-0.39, 0.29) is 12.5 Å². The predicted molar refractivity (Wildman–Crippen MR) is 88.2 cm³/mol. The molecule has 0 atom stereocenters. The van der Waals surface area contributed by atoms with Crippen LogP contribution in [0, 0.1) is 20.8 Å². The molecule has 2 aromatic rings. The van der Waals surface area contributed by atoms with E-state index in [1.165, 1.54) is 0 Å². The standard InChI is InChI=1S/C18H20N2O3/c1-12-5-8-15(9-6-12)18(22)20-19-17(21)11-23-16-10-13(2)4-7-14(16)3/h4-10H,11H2,1-3H3,(H,19,21)(H,20,22). The monoisotopic (exact) mass is 312 g/mol. The Bertz CT molecular complexity index is 709. The second kappa shape index (κ2) is 7.45. The number of hydrogen-bond donors (Lipinski definition) is 2. The molecule has 0 aromatic heterocycles. The van der Waals surface area contributed by atoms with Crippen molar-refractivity contribution < 1.29 is 14.3 Å². The first-order valence-corrected chi connectivity index (χ1v) is 7.31. The Morgan fingerprint density at radius 2 is 1.57 bits per heavy atom. The number of ether oxygens (including phenoxy) is 1. The van der Waals surface area contributed by atoms with Gasteiger partial charge in [-0.25, -0.2) is 0 Å². The number of rotatable bonds is 4. The Hall–Kier alpha value is -2.82. The number of aryl methyl sites for hydroxylation is 3. The fraction of sp³-hybridized carbons (Fsp3) is 0.222. The second-order valence-corrected chi connectivity index (χ2v) is 5.43. The summed E-state index contributed by atoms with van der Waals surface area (Å²) in [6, 6.07) is 12.8. The molecule has 0 fully saturated rings. The van der Waals surface area contributed by atoms with Gasteiger partial charge in [0.2, 0.25) is 0 Å². The minimum atomic E-state index is -0.425. The Labute approximate surface area is 135 Å². The van der Waals surface area contributed by atoms with E-state index < -0.39 is 5.91 Å². The molecule has 0 spiro atoms. The third-order valence-electron chi connectivity index (χ3n) is 3.33. The fourth-order valence-electron chi connectivity index (χ4n) is 1.95. The van der Waals surface area contributed by atoms with Crippen LogP contribution in [0.15, 0.2) is 42.5 Å². The predicted octanol–water partition coefficient (Wildman–Crippen LogP) is 2.45. The Morgan fingerprint density at radius 1 is 0.913 bits per heavy atom. The first-order chi connectivity index (χ1) is 11.0. The minimum absolute atomic E-state index is 0.168. The summed E-state index contributed by atoms with van der Waals surface area (Å²) in [5.74, 6) is -0.138. The third kappa shape index (κ3) is 4.85. The molecule has 2 rings (SSSR count). The first kappa shape index (κ1) is 16.5. The van der Waals surface area contributed by atoms with Crippen molar-refractivity contribution in [2.45, 2.75) is 20.8 Å². The average Bonchev–Trinajstić information content (AvgIpc) is 2.54. The molecule has 2 aromatic carbocycles. The van der Waals surface area contributed by atoms with Crippen LogP contribution < -0.4 is 15.6 Å². The molecule has 0 saturated carbocycles. The minimum Gasteiger partial charge on any atom is -0.483 e. The Balaban J connectivity index is 1.82. The lowest BCUT2D eigenvalue weighted by molar-refractivity contribution is -0.123. The van der Waals surface area contributed by atoms with Gasteiger partial charge in [0.1, 0.15) is 5.75 Å². The van der Waals surface area contributed by atoms with E-state index >= 15 is 0 Å². The van der Waals surface area contributed by atoms with Crippen molar-refractivity contribution in [3.63, 3.8) is 0 Å². The van der Waals surface area contributed by atoms with Crippen LogP contribution >= 0.6 is 0 Å². The summed E-state index contributed by atoms with van der Waals surface area (Å²) in [4.78, 5) is 23.6. The van der Waals surface area contributed by atoms with E-state index in [9.17, 15) is 9.59 Å². The first-order valence-electron chi connectivity index (χ1n) is 7.31. The number of hydrogen-bond acceptors (Lipinski definition) is 3. The lowest BCUT2D eigenvalue weighted by atomic mass is 10.1. The normalized spacial score (nSPS) is 10.0. The van der Waals surface area contributed by atoms with Gasteiger partial charge in [-0.3, -0.25) is 20.4 Å². The Morgan fingerprint density at radius 3 is 2.26 bits per heavy atom. The molecule has 23 heavy (non-hydrogen) atoms. The zero-order chi connectivity index (χ0) is 16.8. The molecule has 0 aliphatic rings. The number of hydrazine groups is 1. The summed E-state index contributed by atoms with van der Waals surface area (Å²) < 4.78 is 5.47. The number of nitrogens with one attached hydrogen (secondary N) is 2. The largest absolute Gasteiger partial charge is 0.483 e. The topological polar surface area (TPSA) is 67.4 Å². The van der Waals surface area contributed by atoms with Crippen molar-refractivity contribution in [2.75, 3.05) is 6.61 Å². The summed E-state index contributed by atoms with van der Waals surface area (Å²) in [5, 5.41) is 0. The molecular formula is C18H20N2O3. The number of amides is 2. The molecule has 2 amide bonds. The lowest BCUT2D eigenvalue weighted by Crippen LogP contribution is -2.43. The van der Waals surface area contributed by atoms with Gasteiger partial charge in [-0.2, -0.15) is 0 Å². The molecule has 0 aliphatic carbocycles. The quantitative estimate of drug-likeness (QED) is 0.852. The lowest BCUT2D eigenvalue weighted by Gasteiger charge is -2.11. The molecular weight excluding hydrogens is 292 g/mol. The van der Waals surface area contributed by atoms with Gasteiger partial charge in [0.05, 0.1) is 0 Å². The van der Waals surface area contributed by atoms with Gasteiger partial charge in [-0.1, -0.05) is 29.8 Å². The van der Waals surface area contributed by atoms with Crippen LogP contribution in [0.5, 0.6) is 5.75 Å². The van der Waals surface area contributed by atoms with Gasteiger partial charge in [0.15, 0.2) is 6.61 Å². The highest BCUT2D eigenvalue weighted by atomic mass is 16.5. The zero-order valence-electron chi connectivity index (χ0n) is 13.5. The molecule has 2 N–H and O–H groups in total. The van der Waals surface area contributed by atoms with Crippen LogP contribution in [-0.2, 0) is 4.79 Å². The van der Waals surface area contributed by atoms with Crippen LogP contribution in [0.4, 0.5) is 0 Å². The van der Waals surface area contributed by atoms with Crippen LogP contribution in [0.2, 0.25) is 0 Å². The summed E-state index contributed by atoms with van der Waals surface area (Å²) in [6.45, 7) is 5.63. The molecule has 0 unspecified atom stereocenters. The number of carbonyl (C=O) groups is 2. The van der Waals surface area contributed by atoms with Crippen molar-refractivity contribution in [1.29, 1.82) is 0 Å². The maximum Gasteiger partial charge on any atom is 0.276 e. The second-order valence-electron chi connectivity index (χ2n) is 5.43. The molecule has 120 valence electrons. The highest BCUT2D eigenvalue weighted by Gasteiger charge is 2.08. The summed E-state index contributed by atoms with van der Waals surface area (Å²) in [5.41, 5.74) is 8.24. The molecule has 0 radical (unpaired) electrons. The van der Waals surface area contributed by atoms with Gasteiger partial charge in [0.25, 0.3) is 11.8 Å². The van der Waals surface area contributed by atoms with E-state index in [1.54, 1.807) is 12.1 Å². The van der Waals surface area contributed by atoms with Gasteiger partial charge in [-0.05, 0) is 50.1 Å². The molecule has 0 bridgehead atoms. The van der Waals surface area contributed by atoms with E-state index in [1.807, 2.05) is 51.1 Å². The van der Waals surface area contributed by atoms with Crippen molar-refractivity contribution in [3.05, 3.63) is 64.7 Å². The van der Waals surface area contributed by atoms with Crippen molar-refractivity contribution in [3.8, 4) is 5.75 Å². The van der Waals surface area contributed by atoms with Crippen LogP contribution in [0.1, 0.15) is 27.0 Å². The van der Waals surface area contributed by atoms with Gasteiger partial charge in [0, 0.05) is 5.56 Å². The van der Waals surface area contributed by atoms with Crippen LogP contribution in [-0.4, -0.2) is 18.4 Å². The Kier molecular flexibility index (Phi) is 5.36. The maximum absolute atomic E-state index is 11.9. The van der Waals surface area contributed by atoms with Crippen LogP contribution in [0.25, 0.3) is 0 Å². The van der Waals surface area contributed by atoms with Crippen molar-refractivity contribution in [1.82, 2.24) is 10.9 Å². The highest BCUT2D eigenvalue weighted by Crippen LogP contribution is 2.18. The molecule has 5 heteroatoms. The van der Waals surface area contributed by atoms with E-state index in [2.05, 4.69) is 10.9 Å². The SMILES string of the molecule is Cc1ccc(C(=O)NNC(=O)COc2cc(C)ccc2C)cc1. The molecule has 0 saturated heterocycles. The average molecular weight is 312 g/mol. The van der Waals surface area contributed by atoms with E-state index in [0.29, 0.717) is 11.3 Å². The summed E-state index contributed by atoms with van der Waals surface area (Å²) in [6.07, 6.45) is 0. The van der Waals surface area contributed by atoms with Crippen molar-refractivity contribution in [2.24, 2.45) is 0 Å². The summed E-state index contributed by atoms with van der Waals surface area (Å²) in [7, 11) is 0. The van der Waals surface area contributed by atoms with Crippen LogP contribution in [0.3, 0.4) is 0 Å². The van der Waals surface area contributed by atoms with E-state index in [4.69, 9.17) is 4.74 Å². The highest BCUT2D eigenvalue weighted by molar-refractivity contribution is 5.95. The molecule has 5 nitrogen and oxygen atoms in total.